The van der Waals surface area contributed by atoms with Gasteiger partial charge in [-0.1, -0.05) is 0 Å². The van der Waals surface area contributed by atoms with Crippen LogP contribution in [-0.2, 0) is 0 Å². The topological polar surface area (TPSA) is 24.1 Å². The highest BCUT2D eigenvalue weighted by atomic mass is 14.9. The summed E-state index contributed by atoms with van der Waals surface area (Å²) in [6.07, 6.45) is 5.26. The van der Waals surface area contributed by atoms with Crippen LogP contribution < -0.4 is 10.6 Å². The van der Waals surface area contributed by atoms with Crippen LogP contribution in [0.25, 0.3) is 0 Å². The molecule has 0 unspecified atom stereocenters. The standard InChI is InChI=1S/C10H20N2/c1-3-12-10-7-5-4-6-9(10)8-11-2/h11-12H,3-8H2,1-2H3. The normalized spacial score (nSPS) is 18.2. The quantitative estimate of drug-likeness (QED) is 0.667. The Morgan fingerprint density at radius 2 is 2.00 bits per heavy atom. The second-order valence-electron chi connectivity index (χ2n) is 3.35. The summed E-state index contributed by atoms with van der Waals surface area (Å²) >= 11 is 0. The van der Waals surface area contributed by atoms with Crippen molar-refractivity contribution in [3.63, 3.8) is 0 Å². The first-order chi connectivity index (χ1) is 5.88. The fourth-order valence-corrected chi connectivity index (χ4v) is 1.80. The van der Waals surface area contributed by atoms with Gasteiger partial charge in [0.15, 0.2) is 0 Å². The number of hydrogen-bond acceptors (Lipinski definition) is 2. The maximum absolute atomic E-state index is 3.46. The van der Waals surface area contributed by atoms with Crippen molar-refractivity contribution in [3.05, 3.63) is 11.3 Å². The summed E-state index contributed by atoms with van der Waals surface area (Å²) in [4.78, 5) is 0. The van der Waals surface area contributed by atoms with Gasteiger partial charge < -0.3 is 10.6 Å². The van der Waals surface area contributed by atoms with Crippen molar-refractivity contribution in [3.8, 4) is 0 Å². The molecular weight excluding hydrogens is 148 g/mol. The van der Waals surface area contributed by atoms with Gasteiger partial charge in [-0.25, -0.2) is 0 Å². The molecule has 1 aliphatic rings. The Labute approximate surface area is 75.4 Å². The van der Waals surface area contributed by atoms with E-state index in [2.05, 4.69) is 17.6 Å². The van der Waals surface area contributed by atoms with Crippen LogP contribution in [0.4, 0.5) is 0 Å². The highest BCUT2D eigenvalue weighted by Crippen LogP contribution is 2.21. The van der Waals surface area contributed by atoms with E-state index in [1.165, 1.54) is 31.4 Å². The first-order valence-electron chi connectivity index (χ1n) is 4.97. The first-order valence-corrected chi connectivity index (χ1v) is 4.97. The molecule has 70 valence electrons. The summed E-state index contributed by atoms with van der Waals surface area (Å²) in [5.74, 6) is 0. The van der Waals surface area contributed by atoms with E-state index in [1.54, 1.807) is 5.57 Å². The second-order valence-corrected chi connectivity index (χ2v) is 3.35. The van der Waals surface area contributed by atoms with Crippen molar-refractivity contribution in [2.45, 2.75) is 32.6 Å². The minimum Gasteiger partial charge on any atom is -0.389 e. The van der Waals surface area contributed by atoms with E-state index in [1.807, 2.05) is 7.05 Å². The van der Waals surface area contributed by atoms with Crippen molar-refractivity contribution in [1.82, 2.24) is 10.6 Å². The van der Waals surface area contributed by atoms with Gasteiger partial charge in [-0.3, -0.25) is 0 Å². The highest BCUT2D eigenvalue weighted by molar-refractivity contribution is 5.16. The van der Waals surface area contributed by atoms with Crippen LogP contribution in [0.15, 0.2) is 11.3 Å². The van der Waals surface area contributed by atoms with Crippen LogP contribution in [0.2, 0.25) is 0 Å². The van der Waals surface area contributed by atoms with Crippen molar-refractivity contribution in [2.24, 2.45) is 0 Å². The second kappa shape index (κ2) is 5.20. The summed E-state index contributed by atoms with van der Waals surface area (Å²) in [5.41, 5.74) is 3.09. The number of likely N-dealkylation sites (N-methyl/N-ethyl adjacent to an activating group) is 1. The average Bonchev–Trinajstić information content (AvgIpc) is 2.09. The third-order valence-corrected chi connectivity index (χ3v) is 2.36. The van der Waals surface area contributed by atoms with Crippen molar-refractivity contribution < 1.29 is 0 Å². The van der Waals surface area contributed by atoms with Gasteiger partial charge in [-0.2, -0.15) is 0 Å². The minimum absolute atomic E-state index is 1.06. The van der Waals surface area contributed by atoms with Gasteiger partial charge in [-0.15, -0.1) is 0 Å². The molecule has 0 amide bonds. The molecule has 0 aromatic carbocycles. The predicted molar refractivity (Wildman–Crippen MR) is 53.1 cm³/mol. The highest BCUT2D eigenvalue weighted by Gasteiger charge is 2.10. The molecule has 0 fully saturated rings. The Kier molecular flexibility index (Phi) is 4.15. The molecule has 0 atom stereocenters. The van der Waals surface area contributed by atoms with Crippen LogP contribution in [0.5, 0.6) is 0 Å². The molecule has 0 aromatic rings. The monoisotopic (exact) mass is 168 g/mol. The molecule has 0 bridgehead atoms. The van der Waals surface area contributed by atoms with E-state index >= 15 is 0 Å². The molecule has 12 heavy (non-hydrogen) atoms. The Morgan fingerprint density at radius 1 is 1.25 bits per heavy atom. The van der Waals surface area contributed by atoms with E-state index in [9.17, 15) is 0 Å². The average molecular weight is 168 g/mol. The van der Waals surface area contributed by atoms with E-state index in [0.29, 0.717) is 0 Å². The summed E-state index contributed by atoms with van der Waals surface area (Å²) in [6.45, 7) is 4.28. The summed E-state index contributed by atoms with van der Waals surface area (Å²) in [5, 5.41) is 6.69. The molecule has 0 heterocycles. The van der Waals surface area contributed by atoms with Crippen molar-refractivity contribution in [1.29, 1.82) is 0 Å². The maximum atomic E-state index is 3.46. The van der Waals surface area contributed by atoms with Crippen molar-refractivity contribution >= 4 is 0 Å². The first kappa shape index (κ1) is 9.59. The lowest BCUT2D eigenvalue weighted by Gasteiger charge is -2.21. The number of hydrogen-bond donors (Lipinski definition) is 2. The molecule has 0 saturated carbocycles. The predicted octanol–water partition coefficient (Wildman–Crippen LogP) is 1.64. The van der Waals surface area contributed by atoms with Gasteiger partial charge in [0.2, 0.25) is 0 Å². The summed E-state index contributed by atoms with van der Waals surface area (Å²) in [6, 6.07) is 0. The zero-order chi connectivity index (χ0) is 8.81. The Hall–Kier alpha value is -0.500. The van der Waals surface area contributed by atoms with Gasteiger partial charge >= 0.3 is 0 Å². The Balaban J connectivity index is 2.55. The third-order valence-electron chi connectivity index (χ3n) is 2.36. The van der Waals surface area contributed by atoms with E-state index < -0.39 is 0 Å². The lowest BCUT2D eigenvalue weighted by Crippen LogP contribution is -2.22. The molecule has 0 aliphatic heterocycles. The Morgan fingerprint density at radius 3 is 2.67 bits per heavy atom. The van der Waals surface area contributed by atoms with E-state index in [0.717, 1.165) is 13.1 Å². The van der Waals surface area contributed by atoms with Gasteiger partial charge in [0.05, 0.1) is 0 Å². The molecule has 1 rings (SSSR count). The molecule has 0 saturated heterocycles. The third kappa shape index (κ3) is 2.52. The summed E-state index contributed by atoms with van der Waals surface area (Å²) < 4.78 is 0. The number of rotatable bonds is 4. The zero-order valence-electron chi connectivity index (χ0n) is 8.24. The molecule has 2 nitrogen and oxygen atoms in total. The molecule has 0 aromatic heterocycles. The van der Waals surface area contributed by atoms with Crippen LogP contribution in [0.3, 0.4) is 0 Å². The summed E-state index contributed by atoms with van der Waals surface area (Å²) in [7, 11) is 2.02. The van der Waals surface area contributed by atoms with Crippen LogP contribution in [-0.4, -0.2) is 20.1 Å². The molecule has 2 heteroatoms. The smallest absolute Gasteiger partial charge is 0.0181 e. The molecule has 2 N–H and O–H groups in total. The molecular formula is C10H20N2. The van der Waals surface area contributed by atoms with Gasteiger partial charge in [0.25, 0.3) is 0 Å². The van der Waals surface area contributed by atoms with Crippen LogP contribution in [0, 0.1) is 0 Å². The van der Waals surface area contributed by atoms with E-state index in [4.69, 9.17) is 0 Å². The van der Waals surface area contributed by atoms with Gasteiger partial charge in [0, 0.05) is 18.8 Å². The largest absolute Gasteiger partial charge is 0.389 e. The van der Waals surface area contributed by atoms with Crippen LogP contribution in [0.1, 0.15) is 32.6 Å². The molecule has 0 radical (unpaired) electrons. The fraction of sp³-hybridized carbons (Fsp3) is 0.800. The van der Waals surface area contributed by atoms with Gasteiger partial charge in [0.1, 0.15) is 0 Å². The number of nitrogens with one attached hydrogen (secondary N) is 2. The lowest BCUT2D eigenvalue weighted by atomic mass is 9.96. The fourth-order valence-electron chi connectivity index (χ4n) is 1.80. The minimum atomic E-state index is 1.06. The maximum Gasteiger partial charge on any atom is 0.0181 e. The van der Waals surface area contributed by atoms with Crippen LogP contribution >= 0.6 is 0 Å². The zero-order valence-corrected chi connectivity index (χ0v) is 8.24. The molecule has 1 aliphatic carbocycles. The van der Waals surface area contributed by atoms with E-state index in [-0.39, 0.29) is 0 Å². The lowest BCUT2D eigenvalue weighted by molar-refractivity contribution is 0.604. The van der Waals surface area contributed by atoms with Gasteiger partial charge in [-0.05, 0) is 45.2 Å². The SMILES string of the molecule is CCNC1=C(CNC)CCCC1. The Bertz CT molecular complexity index is 143. The molecule has 0 spiro atoms. The number of allylic oxidation sites excluding steroid dienone is 1. The van der Waals surface area contributed by atoms with Crippen molar-refractivity contribution in [2.75, 3.05) is 20.1 Å².